The highest BCUT2D eigenvalue weighted by molar-refractivity contribution is 5.32. The smallest absolute Gasteiger partial charge is 0.252 e. The number of aromatic nitrogens is 2. The fourth-order valence-corrected chi connectivity index (χ4v) is 3.96. The lowest BCUT2D eigenvalue weighted by atomic mass is 10.0. The standard InChI is InChI=1S/C20H26N4O2/c1-26-17-6-4-15(5-7-17)13-23-11-8-16(14-23)18-12-19(25)22-20(21-18)24-9-2-3-10-24/h4-7,12,16H,2-3,8-11,13-14H2,1H3,(H,21,22,25). The summed E-state index contributed by atoms with van der Waals surface area (Å²) < 4.78 is 5.22. The number of H-pyrrole nitrogens is 1. The van der Waals surface area contributed by atoms with Gasteiger partial charge >= 0.3 is 0 Å². The topological polar surface area (TPSA) is 61.5 Å². The first-order valence-electron chi connectivity index (χ1n) is 9.43. The minimum Gasteiger partial charge on any atom is -0.497 e. The van der Waals surface area contributed by atoms with Gasteiger partial charge in [0.2, 0.25) is 5.95 Å². The lowest BCUT2D eigenvalue weighted by Gasteiger charge is -2.19. The maximum absolute atomic E-state index is 12.1. The van der Waals surface area contributed by atoms with Gasteiger partial charge < -0.3 is 9.64 Å². The van der Waals surface area contributed by atoms with Crippen LogP contribution in [0.5, 0.6) is 5.75 Å². The van der Waals surface area contributed by atoms with Gasteiger partial charge in [0.25, 0.3) is 5.56 Å². The summed E-state index contributed by atoms with van der Waals surface area (Å²) in [6.07, 6.45) is 3.39. The molecule has 1 aromatic carbocycles. The molecule has 1 unspecified atom stereocenters. The van der Waals surface area contributed by atoms with Crippen LogP contribution in [0.1, 0.15) is 36.4 Å². The molecule has 0 bridgehead atoms. The first-order chi connectivity index (χ1) is 12.7. The van der Waals surface area contributed by atoms with Crippen molar-refractivity contribution >= 4 is 5.95 Å². The third-order valence-electron chi connectivity index (χ3n) is 5.41. The zero-order chi connectivity index (χ0) is 17.9. The van der Waals surface area contributed by atoms with Gasteiger partial charge in [-0.05, 0) is 43.5 Å². The van der Waals surface area contributed by atoms with Crippen LogP contribution in [0.4, 0.5) is 5.95 Å². The Balaban J connectivity index is 1.43. The molecular weight excluding hydrogens is 328 g/mol. The number of hydrogen-bond donors (Lipinski definition) is 1. The summed E-state index contributed by atoms with van der Waals surface area (Å²) in [5.41, 5.74) is 2.18. The number of nitrogens with one attached hydrogen (secondary N) is 1. The summed E-state index contributed by atoms with van der Waals surface area (Å²) in [6.45, 7) is 4.87. The molecule has 2 aliphatic heterocycles. The molecular formula is C20H26N4O2. The molecule has 0 radical (unpaired) electrons. The molecule has 6 nitrogen and oxygen atoms in total. The van der Waals surface area contributed by atoms with E-state index in [2.05, 4.69) is 26.9 Å². The number of rotatable bonds is 5. The highest BCUT2D eigenvalue weighted by atomic mass is 16.5. The van der Waals surface area contributed by atoms with Crippen molar-refractivity contribution in [3.8, 4) is 5.75 Å². The second-order valence-corrected chi connectivity index (χ2v) is 7.26. The van der Waals surface area contributed by atoms with Crippen LogP contribution in [0, 0.1) is 0 Å². The van der Waals surface area contributed by atoms with Crippen LogP contribution in [0.25, 0.3) is 0 Å². The molecule has 2 fully saturated rings. The lowest BCUT2D eigenvalue weighted by Crippen LogP contribution is -2.25. The Hall–Kier alpha value is -2.34. The van der Waals surface area contributed by atoms with Crippen LogP contribution >= 0.6 is 0 Å². The van der Waals surface area contributed by atoms with Gasteiger partial charge in [-0.15, -0.1) is 0 Å². The van der Waals surface area contributed by atoms with Crippen molar-refractivity contribution in [1.82, 2.24) is 14.9 Å². The van der Waals surface area contributed by atoms with Crippen molar-refractivity contribution in [3.05, 3.63) is 51.9 Å². The van der Waals surface area contributed by atoms with Crippen molar-refractivity contribution in [1.29, 1.82) is 0 Å². The predicted octanol–water partition coefficient (Wildman–Crippen LogP) is 2.37. The van der Waals surface area contributed by atoms with E-state index in [1.165, 1.54) is 18.4 Å². The van der Waals surface area contributed by atoms with E-state index in [4.69, 9.17) is 9.72 Å². The van der Waals surface area contributed by atoms with Gasteiger partial charge in [0.1, 0.15) is 5.75 Å². The number of anilines is 1. The van der Waals surface area contributed by atoms with Gasteiger partial charge in [0.05, 0.1) is 12.8 Å². The van der Waals surface area contributed by atoms with Gasteiger partial charge in [-0.2, -0.15) is 0 Å². The Morgan fingerprint density at radius 2 is 1.96 bits per heavy atom. The van der Waals surface area contributed by atoms with Crippen molar-refractivity contribution in [3.63, 3.8) is 0 Å². The largest absolute Gasteiger partial charge is 0.497 e. The Morgan fingerprint density at radius 3 is 2.69 bits per heavy atom. The number of nitrogens with zero attached hydrogens (tertiary/aromatic N) is 3. The van der Waals surface area contributed by atoms with E-state index in [0.717, 1.165) is 56.5 Å². The molecule has 2 aromatic rings. The molecule has 1 N–H and O–H groups in total. The van der Waals surface area contributed by atoms with Crippen LogP contribution in [0.3, 0.4) is 0 Å². The summed E-state index contributed by atoms with van der Waals surface area (Å²) in [6, 6.07) is 9.92. The predicted molar refractivity (Wildman–Crippen MR) is 102 cm³/mol. The normalized spacial score (nSPS) is 20.7. The fraction of sp³-hybridized carbons (Fsp3) is 0.500. The number of benzene rings is 1. The first-order valence-corrected chi connectivity index (χ1v) is 9.43. The summed E-state index contributed by atoms with van der Waals surface area (Å²) in [5.74, 6) is 1.96. The van der Waals surface area contributed by atoms with Crippen LogP contribution in [0.2, 0.25) is 0 Å². The monoisotopic (exact) mass is 354 g/mol. The van der Waals surface area contributed by atoms with E-state index in [9.17, 15) is 4.79 Å². The van der Waals surface area contributed by atoms with E-state index < -0.39 is 0 Å². The van der Waals surface area contributed by atoms with Crippen molar-refractivity contribution in [2.75, 3.05) is 38.2 Å². The average molecular weight is 354 g/mol. The molecule has 138 valence electrons. The Bertz CT molecular complexity index is 796. The zero-order valence-electron chi connectivity index (χ0n) is 15.3. The Labute approximate surface area is 153 Å². The molecule has 0 spiro atoms. The van der Waals surface area contributed by atoms with Crippen LogP contribution in [-0.4, -0.2) is 48.2 Å². The van der Waals surface area contributed by atoms with Gasteiger partial charge in [0.15, 0.2) is 0 Å². The quantitative estimate of drug-likeness (QED) is 0.893. The van der Waals surface area contributed by atoms with Crippen LogP contribution in [-0.2, 0) is 6.54 Å². The highest BCUT2D eigenvalue weighted by Crippen LogP contribution is 2.28. The zero-order valence-corrected chi connectivity index (χ0v) is 15.3. The molecule has 26 heavy (non-hydrogen) atoms. The van der Waals surface area contributed by atoms with E-state index in [1.54, 1.807) is 13.2 Å². The van der Waals surface area contributed by atoms with Gasteiger partial charge in [0, 0.05) is 38.2 Å². The third kappa shape index (κ3) is 3.75. The summed E-state index contributed by atoms with van der Waals surface area (Å²) in [5, 5.41) is 0. The van der Waals surface area contributed by atoms with E-state index in [1.807, 2.05) is 12.1 Å². The minimum absolute atomic E-state index is 0.0366. The molecule has 4 rings (SSSR count). The van der Waals surface area contributed by atoms with Gasteiger partial charge in [-0.25, -0.2) is 4.98 Å². The lowest BCUT2D eigenvalue weighted by molar-refractivity contribution is 0.326. The maximum atomic E-state index is 12.1. The molecule has 1 aromatic heterocycles. The summed E-state index contributed by atoms with van der Waals surface area (Å²) in [4.78, 5) is 24.4. The molecule has 1 atom stereocenters. The summed E-state index contributed by atoms with van der Waals surface area (Å²) in [7, 11) is 1.69. The number of hydrogen-bond acceptors (Lipinski definition) is 5. The van der Waals surface area contributed by atoms with E-state index in [0.29, 0.717) is 5.92 Å². The second kappa shape index (κ2) is 7.50. The van der Waals surface area contributed by atoms with Crippen LogP contribution < -0.4 is 15.2 Å². The molecule has 0 aliphatic carbocycles. The number of ether oxygens (including phenoxy) is 1. The van der Waals surface area contributed by atoms with Crippen LogP contribution in [0.15, 0.2) is 35.1 Å². The van der Waals surface area contributed by atoms with Gasteiger partial charge in [-0.1, -0.05) is 12.1 Å². The first kappa shape index (κ1) is 17.1. The molecule has 0 amide bonds. The maximum Gasteiger partial charge on any atom is 0.252 e. The van der Waals surface area contributed by atoms with E-state index in [-0.39, 0.29) is 5.56 Å². The Kier molecular flexibility index (Phi) is 4.93. The minimum atomic E-state index is -0.0366. The average Bonchev–Trinajstić information content (AvgIpc) is 3.34. The Morgan fingerprint density at radius 1 is 1.19 bits per heavy atom. The van der Waals surface area contributed by atoms with Gasteiger partial charge in [-0.3, -0.25) is 14.7 Å². The molecule has 2 aliphatic rings. The number of methoxy groups -OCH3 is 1. The molecule has 0 saturated carbocycles. The van der Waals surface area contributed by atoms with Crippen molar-refractivity contribution < 1.29 is 4.74 Å². The highest BCUT2D eigenvalue weighted by Gasteiger charge is 2.26. The fourth-order valence-electron chi connectivity index (χ4n) is 3.96. The van der Waals surface area contributed by atoms with Crippen molar-refractivity contribution in [2.24, 2.45) is 0 Å². The third-order valence-corrected chi connectivity index (χ3v) is 5.41. The molecule has 6 heteroatoms. The SMILES string of the molecule is COc1ccc(CN2CCC(c3cc(=O)[nH]c(N4CCCC4)n3)C2)cc1. The number of aromatic amines is 1. The molecule has 2 saturated heterocycles. The summed E-state index contributed by atoms with van der Waals surface area (Å²) >= 11 is 0. The van der Waals surface area contributed by atoms with E-state index >= 15 is 0 Å². The number of likely N-dealkylation sites (tertiary alicyclic amines) is 1. The second-order valence-electron chi connectivity index (χ2n) is 7.26. The molecule has 3 heterocycles. The van der Waals surface area contributed by atoms with Crippen molar-refractivity contribution in [2.45, 2.75) is 31.7 Å².